The number of benzene rings is 3. The molecule has 3 aromatic carbocycles. The zero-order valence-corrected chi connectivity index (χ0v) is 21.6. The summed E-state index contributed by atoms with van der Waals surface area (Å²) in [5.41, 5.74) is 1.50. The van der Waals surface area contributed by atoms with Crippen molar-refractivity contribution in [1.82, 2.24) is 4.90 Å². The lowest BCUT2D eigenvalue weighted by Gasteiger charge is -2.30. The van der Waals surface area contributed by atoms with E-state index in [4.69, 9.17) is 44.3 Å². The van der Waals surface area contributed by atoms with Crippen molar-refractivity contribution in [2.24, 2.45) is 5.92 Å². The summed E-state index contributed by atoms with van der Waals surface area (Å²) in [7, 11) is 1.35. The number of hydrogen-bond donors (Lipinski definition) is 0. The van der Waals surface area contributed by atoms with Crippen LogP contribution in [0.4, 0.5) is 4.39 Å². The van der Waals surface area contributed by atoms with Crippen molar-refractivity contribution in [1.29, 1.82) is 0 Å². The minimum atomic E-state index is -0.750. The lowest BCUT2D eigenvalue weighted by Crippen LogP contribution is -2.40. The van der Waals surface area contributed by atoms with Crippen molar-refractivity contribution in [2.45, 2.75) is 18.9 Å². The molecule has 3 aromatic rings. The third-order valence-electron chi connectivity index (χ3n) is 6.16. The summed E-state index contributed by atoms with van der Waals surface area (Å²) in [5, 5.41) is 1.37. The Balaban J connectivity index is 1.55. The molecule has 1 unspecified atom stereocenters. The van der Waals surface area contributed by atoms with Crippen LogP contribution in [0.2, 0.25) is 15.1 Å². The number of methoxy groups -OCH3 is 1. The van der Waals surface area contributed by atoms with Crippen LogP contribution in [0.3, 0.4) is 0 Å². The lowest BCUT2D eigenvalue weighted by molar-refractivity contribution is -0.146. The molecule has 0 N–H and O–H groups in total. The van der Waals surface area contributed by atoms with Crippen molar-refractivity contribution in [2.75, 3.05) is 20.2 Å². The van der Waals surface area contributed by atoms with Crippen LogP contribution in [0.5, 0.6) is 5.75 Å². The van der Waals surface area contributed by atoms with Crippen LogP contribution in [-0.4, -0.2) is 37.0 Å². The first-order chi connectivity index (χ1) is 17.3. The second kappa shape index (κ2) is 11.5. The molecule has 1 saturated heterocycles. The van der Waals surface area contributed by atoms with E-state index in [1.54, 1.807) is 47.4 Å². The molecule has 0 aliphatic carbocycles. The Hall–Kier alpha value is -2.80. The molecule has 1 aliphatic heterocycles. The van der Waals surface area contributed by atoms with E-state index >= 15 is 4.39 Å². The number of carbonyl (C=O) groups excluding carboxylic acids is 2. The Morgan fingerprint density at radius 1 is 0.944 bits per heavy atom. The van der Waals surface area contributed by atoms with Crippen LogP contribution in [0.1, 0.15) is 40.4 Å². The van der Waals surface area contributed by atoms with E-state index in [1.165, 1.54) is 19.2 Å². The quantitative estimate of drug-likeness (QED) is 0.311. The fourth-order valence-electron chi connectivity index (χ4n) is 4.19. The topological polar surface area (TPSA) is 55.8 Å². The van der Waals surface area contributed by atoms with Gasteiger partial charge in [0.05, 0.1) is 13.0 Å². The molecule has 0 aromatic heterocycles. The molecule has 1 amide bonds. The zero-order valence-electron chi connectivity index (χ0n) is 19.3. The molecule has 0 saturated carbocycles. The van der Waals surface area contributed by atoms with E-state index < -0.39 is 11.9 Å². The lowest BCUT2D eigenvalue weighted by atomic mass is 9.96. The molecule has 1 heterocycles. The molecule has 188 valence electrons. The molecule has 5 nitrogen and oxygen atoms in total. The van der Waals surface area contributed by atoms with Gasteiger partial charge in [-0.2, -0.15) is 0 Å². The molecule has 1 atom stereocenters. The van der Waals surface area contributed by atoms with Crippen molar-refractivity contribution < 1.29 is 23.5 Å². The fourth-order valence-corrected chi connectivity index (χ4v) is 4.82. The number of rotatable bonds is 6. The van der Waals surface area contributed by atoms with Crippen LogP contribution < -0.4 is 4.74 Å². The fraction of sp³-hybridized carbons (Fsp3) is 0.259. The van der Waals surface area contributed by atoms with Gasteiger partial charge in [-0.3, -0.25) is 9.59 Å². The first-order valence-corrected chi connectivity index (χ1v) is 12.4. The Morgan fingerprint density at radius 2 is 1.61 bits per heavy atom. The Kier molecular flexibility index (Phi) is 8.39. The smallest absolute Gasteiger partial charge is 0.308 e. The number of nitrogens with zero attached hydrogens (tertiary/aromatic N) is 1. The van der Waals surface area contributed by atoms with Crippen LogP contribution >= 0.6 is 34.8 Å². The summed E-state index contributed by atoms with van der Waals surface area (Å²) in [4.78, 5) is 26.3. The number of halogens is 4. The van der Waals surface area contributed by atoms with E-state index in [0.717, 1.165) is 6.07 Å². The van der Waals surface area contributed by atoms with Crippen molar-refractivity contribution in [3.63, 3.8) is 0 Å². The van der Waals surface area contributed by atoms with Crippen molar-refractivity contribution >= 4 is 46.7 Å². The van der Waals surface area contributed by atoms with Gasteiger partial charge in [0.1, 0.15) is 0 Å². The average Bonchev–Trinajstić information content (AvgIpc) is 2.88. The highest BCUT2D eigenvalue weighted by Crippen LogP contribution is 2.36. The predicted octanol–water partition coefficient (Wildman–Crippen LogP) is 6.98. The highest BCUT2D eigenvalue weighted by atomic mass is 35.5. The molecule has 0 bridgehead atoms. The number of likely N-dealkylation sites (tertiary alicyclic amines) is 1. The molecule has 0 spiro atoms. The normalized spacial score (nSPS) is 14.9. The van der Waals surface area contributed by atoms with E-state index in [0.29, 0.717) is 52.1 Å². The van der Waals surface area contributed by atoms with Gasteiger partial charge in [0.15, 0.2) is 17.7 Å². The minimum Gasteiger partial charge on any atom is -0.478 e. The molecule has 1 aliphatic rings. The molecule has 1 fully saturated rings. The van der Waals surface area contributed by atoms with Gasteiger partial charge in [-0.25, -0.2) is 4.39 Å². The summed E-state index contributed by atoms with van der Waals surface area (Å²) in [6.07, 6.45) is 0.264. The predicted molar refractivity (Wildman–Crippen MR) is 137 cm³/mol. The second-order valence-electron chi connectivity index (χ2n) is 8.45. The van der Waals surface area contributed by atoms with Crippen molar-refractivity contribution in [3.8, 4) is 5.75 Å². The monoisotopic (exact) mass is 549 g/mol. The van der Waals surface area contributed by atoms with Crippen LogP contribution in [0, 0.1) is 11.7 Å². The maximum atomic E-state index is 15.2. The molecular formula is C27H23Cl3FNO4. The van der Waals surface area contributed by atoms with Gasteiger partial charge < -0.3 is 14.4 Å². The van der Waals surface area contributed by atoms with Gasteiger partial charge in [-0.05, 0) is 60.9 Å². The van der Waals surface area contributed by atoms with Crippen LogP contribution in [0.15, 0.2) is 60.7 Å². The standard InChI is InChI=1S/C27H23Cl3FNO4/c1-35-27(34)17-10-12-32(13-11-17)26(33)18-4-9-24(23(31)14-18)36-25(16-2-5-19(28)6-3-16)21-8-7-20(29)15-22(21)30/h2-9,14-15,17,25H,10-13H2,1H3. The SMILES string of the molecule is COC(=O)C1CCN(C(=O)c2ccc(OC(c3ccc(Cl)cc3)c3ccc(Cl)cc3Cl)c(F)c2)CC1. The van der Waals surface area contributed by atoms with E-state index in [-0.39, 0.29) is 29.1 Å². The van der Waals surface area contributed by atoms with Gasteiger partial charge in [0.25, 0.3) is 5.91 Å². The summed E-state index contributed by atoms with van der Waals surface area (Å²) in [5.74, 6) is -1.53. The number of hydrogen-bond acceptors (Lipinski definition) is 4. The van der Waals surface area contributed by atoms with E-state index in [2.05, 4.69) is 0 Å². The molecule has 9 heteroatoms. The van der Waals surface area contributed by atoms with Crippen LogP contribution in [-0.2, 0) is 9.53 Å². The van der Waals surface area contributed by atoms with Gasteiger partial charge >= 0.3 is 5.97 Å². The van der Waals surface area contributed by atoms with E-state index in [9.17, 15) is 9.59 Å². The highest BCUT2D eigenvalue weighted by Gasteiger charge is 2.29. The van der Waals surface area contributed by atoms with Gasteiger partial charge in [-0.1, -0.05) is 53.0 Å². The molecule has 0 radical (unpaired) electrons. The number of piperidine rings is 1. The maximum Gasteiger partial charge on any atom is 0.308 e. The second-order valence-corrected chi connectivity index (χ2v) is 9.73. The summed E-state index contributed by atoms with van der Waals surface area (Å²) >= 11 is 18.5. The first kappa shape index (κ1) is 26.3. The summed E-state index contributed by atoms with van der Waals surface area (Å²) in [6, 6.07) is 16.0. The molecule has 36 heavy (non-hydrogen) atoms. The first-order valence-electron chi connectivity index (χ1n) is 11.3. The minimum absolute atomic E-state index is 0.0399. The molecular weight excluding hydrogens is 528 g/mol. The van der Waals surface area contributed by atoms with Gasteiger partial charge in [0, 0.05) is 39.3 Å². The summed E-state index contributed by atoms with van der Waals surface area (Å²) in [6.45, 7) is 0.790. The molecule has 4 rings (SSSR count). The van der Waals surface area contributed by atoms with Gasteiger partial charge in [-0.15, -0.1) is 0 Å². The van der Waals surface area contributed by atoms with Crippen molar-refractivity contribution in [3.05, 3.63) is 98.2 Å². The number of ether oxygens (including phenoxy) is 2. The number of esters is 1. The third-order valence-corrected chi connectivity index (χ3v) is 6.97. The Morgan fingerprint density at radius 3 is 2.22 bits per heavy atom. The number of amides is 1. The largest absolute Gasteiger partial charge is 0.478 e. The average molecular weight is 551 g/mol. The highest BCUT2D eigenvalue weighted by molar-refractivity contribution is 6.35. The third kappa shape index (κ3) is 5.94. The van der Waals surface area contributed by atoms with E-state index in [1.807, 2.05) is 0 Å². The maximum absolute atomic E-state index is 15.2. The number of carbonyl (C=O) groups is 2. The zero-order chi connectivity index (χ0) is 25.8. The van der Waals surface area contributed by atoms with Crippen LogP contribution in [0.25, 0.3) is 0 Å². The Bertz CT molecular complexity index is 1260. The Labute approximate surface area is 223 Å². The van der Waals surface area contributed by atoms with Gasteiger partial charge in [0.2, 0.25) is 0 Å². The summed E-state index contributed by atoms with van der Waals surface area (Å²) < 4.78 is 26.1.